The maximum atomic E-state index is 12.6. The fourth-order valence-electron chi connectivity index (χ4n) is 3.33. The summed E-state index contributed by atoms with van der Waals surface area (Å²) in [5.74, 6) is -3.74. The van der Waals surface area contributed by atoms with Gasteiger partial charge in [0.05, 0.1) is 25.3 Å². The fourth-order valence-corrected chi connectivity index (χ4v) is 3.33. The van der Waals surface area contributed by atoms with Gasteiger partial charge < -0.3 is 31.5 Å². The van der Waals surface area contributed by atoms with E-state index in [-0.39, 0.29) is 25.0 Å². The molecule has 4 amide bonds. The standard InChI is InChI=1S/C26H34N4O6/c1-15(2)21(13-31)29-25(35)23(33)27-19-11-7-5-9-17(19)18-10-6-8-12-20(18)28-24(34)26(36)30-22(14-32)16(3)4/h5-12,15-16,21-22,31-32H,13-14H2,1-4H3,(H,27,33)(H,28,34)(H,29,35)(H,30,36)/t21-,22+. The van der Waals surface area contributed by atoms with Crippen LogP contribution in [0.1, 0.15) is 27.7 Å². The molecule has 0 saturated carbocycles. The number of para-hydroxylation sites is 2. The van der Waals surface area contributed by atoms with Crippen molar-refractivity contribution in [2.45, 2.75) is 39.8 Å². The van der Waals surface area contributed by atoms with Gasteiger partial charge >= 0.3 is 23.6 Å². The minimum atomic E-state index is -0.911. The van der Waals surface area contributed by atoms with Crippen molar-refractivity contribution in [3.8, 4) is 11.1 Å². The Morgan fingerprint density at radius 2 is 0.944 bits per heavy atom. The summed E-state index contributed by atoms with van der Waals surface area (Å²) in [5.41, 5.74) is 1.64. The second-order valence-corrected chi connectivity index (χ2v) is 9.01. The van der Waals surface area contributed by atoms with Gasteiger partial charge in [0.1, 0.15) is 0 Å². The first-order valence-electron chi connectivity index (χ1n) is 11.7. The molecule has 0 aliphatic heterocycles. The lowest BCUT2D eigenvalue weighted by molar-refractivity contribution is -0.137. The molecule has 0 heterocycles. The number of carbonyl (C=O) groups excluding carboxylic acids is 4. The van der Waals surface area contributed by atoms with E-state index in [0.29, 0.717) is 22.5 Å². The molecule has 194 valence electrons. The molecular formula is C26H34N4O6. The minimum absolute atomic E-state index is 0.0695. The van der Waals surface area contributed by atoms with Crippen LogP contribution < -0.4 is 21.3 Å². The Labute approximate surface area is 210 Å². The van der Waals surface area contributed by atoms with Crippen LogP contribution in [-0.4, -0.2) is 59.1 Å². The van der Waals surface area contributed by atoms with E-state index >= 15 is 0 Å². The summed E-state index contributed by atoms with van der Waals surface area (Å²) in [5, 5.41) is 29.0. The van der Waals surface area contributed by atoms with Crippen LogP contribution in [0.2, 0.25) is 0 Å². The van der Waals surface area contributed by atoms with Gasteiger partial charge in [-0.15, -0.1) is 0 Å². The summed E-state index contributed by atoms with van der Waals surface area (Å²) in [6.45, 7) is 6.65. The van der Waals surface area contributed by atoms with E-state index in [1.807, 2.05) is 27.7 Å². The normalized spacial score (nSPS) is 12.6. The summed E-state index contributed by atoms with van der Waals surface area (Å²) in [6, 6.07) is 12.3. The van der Waals surface area contributed by atoms with Crippen LogP contribution in [0.3, 0.4) is 0 Å². The maximum Gasteiger partial charge on any atom is 0.313 e. The van der Waals surface area contributed by atoms with Crippen molar-refractivity contribution in [3.63, 3.8) is 0 Å². The molecule has 36 heavy (non-hydrogen) atoms. The Hall–Kier alpha value is -3.76. The Kier molecular flexibility index (Phi) is 10.6. The SMILES string of the molecule is CC(C)[C@H](CO)NC(=O)C(=O)Nc1ccccc1-c1ccccc1NC(=O)C(=O)N[C@H](CO)C(C)C. The zero-order valence-corrected chi connectivity index (χ0v) is 20.9. The van der Waals surface area contributed by atoms with E-state index in [9.17, 15) is 29.4 Å². The number of anilines is 2. The molecule has 6 N–H and O–H groups in total. The molecule has 0 aliphatic carbocycles. The third-order valence-electron chi connectivity index (χ3n) is 5.69. The summed E-state index contributed by atoms with van der Waals surface area (Å²) < 4.78 is 0. The van der Waals surface area contributed by atoms with Gasteiger partial charge in [-0.3, -0.25) is 19.2 Å². The first kappa shape index (κ1) is 28.5. The average molecular weight is 499 g/mol. The highest BCUT2D eigenvalue weighted by Crippen LogP contribution is 2.33. The number of aliphatic hydroxyl groups is 2. The Bertz CT molecular complexity index is 1000. The minimum Gasteiger partial charge on any atom is -0.394 e. The molecule has 0 fully saturated rings. The molecule has 2 aromatic rings. The molecule has 0 bridgehead atoms. The Balaban J connectivity index is 2.25. The van der Waals surface area contributed by atoms with Crippen molar-refractivity contribution >= 4 is 35.0 Å². The molecule has 0 radical (unpaired) electrons. The molecule has 0 unspecified atom stereocenters. The van der Waals surface area contributed by atoms with Gasteiger partial charge in [-0.05, 0) is 24.0 Å². The summed E-state index contributed by atoms with van der Waals surface area (Å²) >= 11 is 0. The lowest BCUT2D eigenvalue weighted by atomic mass is 10.0. The molecule has 0 spiro atoms. The first-order chi connectivity index (χ1) is 17.1. The van der Waals surface area contributed by atoms with Crippen molar-refractivity contribution in [1.29, 1.82) is 0 Å². The van der Waals surface area contributed by atoms with Crippen molar-refractivity contribution < 1.29 is 29.4 Å². The topological polar surface area (TPSA) is 157 Å². The van der Waals surface area contributed by atoms with Gasteiger partial charge in [0.15, 0.2) is 0 Å². The Morgan fingerprint density at radius 3 is 1.25 bits per heavy atom. The van der Waals surface area contributed by atoms with Gasteiger partial charge in [0.25, 0.3) is 0 Å². The van der Waals surface area contributed by atoms with Crippen LogP contribution >= 0.6 is 0 Å². The highest BCUT2D eigenvalue weighted by atomic mass is 16.3. The fraction of sp³-hybridized carbons (Fsp3) is 0.385. The van der Waals surface area contributed by atoms with Crippen LogP contribution in [0.25, 0.3) is 11.1 Å². The molecule has 2 atom stereocenters. The van der Waals surface area contributed by atoms with Gasteiger partial charge in [0, 0.05) is 22.5 Å². The average Bonchev–Trinajstić information content (AvgIpc) is 2.85. The first-order valence-corrected chi connectivity index (χ1v) is 11.7. The van der Waals surface area contributed by atoms with Crippen molar-refractivity contribution in [2.75, 3.05) is 23.8 Å². The quantitative estimate of drug-likeness (QED) is 0.288. The molecule has 0 aromatic heterocycles. The maximum absolute atomic E-state index is 12.6. The van der Waals surface area contributed by atoms with Crippen molar-refractivity contribution in [1.82, 2.24) is 10.6 Å². The van der Waals surface area contributed by atoms with Gasteiger partial charge in [-0.1, -0.05) is 64.1 Å². The summed E-state index contributed by atoms with van der Waals surface area (Å²) in [4.78, 5) is 49.8. The van der Waals surface area contributed by atoms with Crippen LogP contribution in [0.5, 0.6) is 0 Å². The third-order valence-corrected chi connectivity index (χ3v) is 5.69. The van der Waals surface area contributed by atoms with Crippen molar-refractivity contribution in [3.05, 3.63) is 48.5 Å². The molecule has 2 rings (SSSR count). The number of benzene rings is 2. The third kappa shape index (κ3) is 7.62. The second kappa shape index (κ2) is 13.4. The Morgan fingerprint density at radius 1 is 0.611 bits per heavy atom. The molecule has 2 aromatic carbocycles. The number of hydrogen-bond donors (Lipinski definition) is 6. The lowest BCUT2D eigenvalue weighted by Crippen LogP contribution is -2.46. The highest BCUT2D eigenvalue weighted by molar-refractivity contribution is 6.40. The number of rotatable bonds is 9. The predicted octanol–water partition coefficient (Wildman–Crippen LogP) is 1.50. The number of aliphatic hydroxyl groups excluding tert-OH is 2. The zero-order valence-electron chi connectivity index (χ0n) is 20.9. The summed E-state index contributed by atoms with van der Waals surface area (Å²) in [7, 11) is 0. The van der Waals surface area contributed by atoms with Crippen LogP contribution in [0, 0.1) is 11.8 Å². The van der Waals surface area contributed by atoms with E-state index in [2.05, 4.69) is 21.3 Å². The van der Waals surface area contributed by atoms with Crippen LogP contribution in [-0.2, 0) is 19.2 Å². The van der Waals surface area contributed by atoms with Gasteiger partial charge in [0.2, 0.25) is 0 Å². The molecule has 0 aliphatic rings. The molecule has 10 heteroatoms. The molecule has 0 saturated heterocycles. The number of carbonyl (C=O) groups is 4. The van der Waals surface area contributed by atoms with E-state index < -0.39 is 35.7 Å². The largest absolute Gasteiger partial charge is 0.394 e. The smallest absolute Gasteiger partial charge is 0.313 e. The predicted molar refractivity (Wildman–Crippen MR) is 137 cm³/mol. The van der Waals surface area contributed by atoms with E-state index in [0.717, 1.165) is 0 Å². The second-order valence-electron chi connectivity index (χ2n) is 9.01. The summed E-state index contributed by atoms with van der Waals surface area (Å²) in [6.07, 6.45) is 0. The van der Waals surface area contributed by atoms with Crippen molar-refractivity contribution in [2.24, 2.45) is 11.8 Å². The highest BCUT2D eigenvalue weighted by Gasteiger charge is 2.23. The van der Waals surface area contributed by atoms with Crippen LogP contribution in [0.4, 0.5) is 11.4 Å². The van der Waals surface area contributed by atoms with Gasteiger partial charge in [-0.25, -0.2) is 0 Å². The van der Waals surface area contributed by atoms with Crippen LogP contribution in [0.15, 0.2) is 48.5 Å². The van der Waals surface area contributed by atoms with E-state index in [1.165, 1.54) is 0 Å². The number of nitrogens with one attached hydrogen (secondary N) is 4. The van der Waals surface area contributed by atoms with E-state index in [1.54, 1.807) is 48.5 Å². The monoisotopic (exact) mass is 498 g/mol. The molecule has 10 nitrogen and oxygen atoms in total. The number of amides is 4. The zero-order chi connectivity index (χ0) is 26.8. The van der Waals surface area contributed by atoms with Gasteiger partial charge in [-0.2, -0.15) is 0 Å². The number of hydrogen-bond acceptors (Lipinski definition) is 6. The molecular weight excluding hydrogens is 464 g/mol. The van der Waals surface area contributed by atoms with E-state index in [4.69, 9.17) is 0 Å². The lowest BCUT2D eigenvalue weighted by Gasteiger charge is -2.20.